The van der Waals surface area contributed by atoms with Crippen molar-refractivity contribution in [3.05, 3.63) is 57.8 Å². The molecule has 15 heteroatoms. The van der Waals surface area contributed by atoms with E-state index in [-0.39, 0.29) is 11.9 Å². The first-order chi connectivity index (χ1) is 18.8. The maximum atomic E-state index is 13.2. The van der Waals surface area contributed by atoms with Gasteiger partial charge in [0.15, 0.2) is 12.5 Å². The second-order valence-corrected chi connectivity index (χ2v) is 9.54. The van der Waals surface area contributed by atoms with E-state index >= 15 is 0 Å². The van der Waals surface area contributed by atoms with E-state index in [0.717, 1.165) is 24.4 Å². The van der Waals surface area contributed by atoms with Gasteiger partial charge in [0.2, 0.25) is 0 Å². The molecule has 1 aliphatic carbocycles. The van der Waals surface area contributed by atoms with Crippen LogP contribution in [0.15, 0.2) is 36.5 Å². The summed E-state index contributed by atoms with van der Waals surface area (Å²) in [4.78, 5) is 29.2. The number of hydrogen-bond acceptors (Lipinski definition) is 8. The molecule has 0 radical (unpaired) electrons. The number of aldehydes is 1. The molecule has 1 aromatic carbocycles. The number of pyridine rings is 1. The Morgan fingerprint density at radius 3 is 2.12 bits per heavy atom. The van der Waals surface area contributed by atoms with Gasteiger partial charge in [0.05, 0.1) is 22.7 Å². The quantitative estimate of drug-likeness (QED) is 0.186. The van der Waals surface area contributed by atoms with Gasteiger partial charge in [0, 0.05) is 38.4 Å². The highest BCUT2D eigenvalue weighted by Gasteiger charge is 2.39. The Morgan fingerprint density at radius 2 is 1.60 bits per heavy atom. The maximum absolute atomic E-state index is 13.2. The highest BCUT2D eigenvalue weighted by Crippen LogP contribution is 2.39. The van der Waals surface area contributed by atoms with Gasteiger partial charge in [0.25, 0.3) is 5.69 Å². The van der Waals surface area contributed by atoms with Crippen LogP contribution in [0.1, 0.15) is 36.8 Å². The lowest BCUT2D eigenvalue weighted by Gasteiger charge is -2.39. The predicted octanol–water partition coefficient (Wildman–Crippen LogP) is 5.08. The average Bonchev–Trinajstić information content (AvgIpc) is 2.92. The number of rotatable bonds is 8. The number of nitrogens with zero attached hydrogens (tertiary/aromatic N) is 4. The van der Waals surface area contributed by atoms with E-state index in [1.165, 1.54) is 6.07 Å². The molecule has 1 saturated heterocycles. The zero-order valence-electron chi connectivity index (χ0n) is 21.0. The lowest BCUT2D eigenvalue weighted by molar-refractivity contribution is -0.388. The molecule has 0 spiro atoms. The van der Waals surface area contributed by atoms with Crippen molar-refractivity contribution in [1.29, 1.82) is 0 Å². The number of ether oxygens (including phenoxy) is 2. The molecule has 2 heterocycles. The molecule has 1 aliphatic heterocycles. The minimum Gasteiger partial charge on any atom is -0.490 e. The van der Waals surface area contributed by atoms with Crippen molar-refractivity contribution < 1.29 is 45.5 Å². The fourth-order valence-corrected chi connectivity index (χ4v) is 4.80. The molecule has 4 rings (SSSR count). The summed E-state index contributed by atoms with van der Waals surface area (Å²) in [5.41, 5.74) is -3.26. The summed E-state index contributed by atoms with van der Waals surface area (Å²) in [5.74, 6) is 0.290. The third-order valence-corrected chi connectivity index (χ3v) is 6.92. The summed E-state index contributed by atoms with van der Waals surface area (Å²) in [5, 5.41) is 10.9. The van der Waals surface area contributed by atoms with Crippen LogP contribution in [0, 0.1) is 10.1 Å². The third kappa shape index (κ3) is 7.18. The number of carbonyl (C=O) groups excluding carboxylic acids is 1. The normalized spacial score (nSPS) is 21.6. The Hall–Kier alpha value is -3.46. The minimum atomic E-state index is -4.91. The van der Waals surface area contributed by atoms with Crippen molar-refractivity contribution in [3.63, 3.8) is 0 Å². The molecular formula is C25H26F6N4O5. The second-order valence-electron chi connectivity index (χ2n) is 9.54. The average molecular weight is 576 g/mol. The first kappa shape index (κ1) is 29.5. The van der Waals surface area contributed by atoms with Crippen LogP contribution < -0.4 is 9.64 Å². The number of piperazine rings is 1. The van der Waals surface area contributed by atoms with Crippen LogP contribution >= 0.6 is 0 Å². The van der Waals surface area contributed by atoms with Crippen LogP contribution in [0.2, 0.25) is 0 Å². The van der Waals surface area contributed by atoms with Crippen molar-refractivity contribution in [2.24, 2.45) is 0 Å². The molecule has 0 amide bonds. The van der Waals surface area contributed by atoms with E-state index in [1.54, 1.807) is 0 Å². The van der Waals surface area contributed by atoms with Gasteiger partial charge in [0.1, 0.15) is 17.1 Å². The molecule has 1 atom stereocenters. The summed E-state index contributed by atoms with van der Waals surface area (Å²) >= 11 is 0. The fraction of sp³-hybridized carbons (Fsp3) is 0.520. The summed E-state index contributed by atoms with van der Waals surface area (Å²) in [6, 6.07) is 4.83. The number of nitro benzene ring substituents is 1. The molecule has 40 heavy (non-hydrogen) atoms. The van der Waals surface area contributed by atoms with Crippen LogP contribution in [0.3, 0.4) is 0 Å². The van der Waals surface area contributed by atoms with Gasteiger partial charge in [-0.1, -0.05) is 0 Å². The van der Waals surface area contributed by atoms with Crippen LogP contribution in [0.5, 0.6) is 5.75 Å². The largest absolute Gasteiger partial charge is 0.490 e. The van der Waals surface area contributed by atoms with Crippen LogP contribution in [-0.2, 0) is 21.9 Å². The van der Waals surface area contributed by atoms with Crippen molar-refractivity contribution in [2.75, 3.05) is 31.1 Å². The van der Waals surface area contributed by atoms with Crippen molar-refractivity contribution in [1.82, 2.24) is 9.88 Å². The van der Waals surface area contributed by atoms with E-state index in [2.05, 4.69) is 4.98 Å². The van der Waals surface area contributed by atoms with Crippen molar-refractivity contribution in [3.8, 4) is 5.75 Å². The van der Waals surface area contributed by atoms with E-state index in [4.69, 9.17) is 9.47 Å². The van der Waals surface area contributed by atoms with Gasteiger partial charge in [-0.2, -0.15) is 26.3 Å². The number of carbonyl (C=O) groups is 1. The number of hydrogen-bond donors (Lipinski definition) is 0. The van der Waals surface area contributed by atoms with E-state index < -0.39 is 46.4 Å². The van der Waals surface area contributed by atoms with Crippen LogP contribution in [0.25, 0.3) is 0 Å². The molecule has 2 fully saturated rings. The van der Waals surface area contributed by atoms with Crippen LogP contribution in [0.4, 0.5) is 37.8 Å². The van der Waals surface area contributed by atoms with Gasteiger partial charge < -0.3 is 14.4 Å². The molecule has 1 aromatic heterocycles. The molecule has 0 bridgehead atoms. The van der Waals surface area contributed by atoms with Gasteiger partial charge in [-0.25, -0.2) is 4.98 Å². The number of alkyl halides is 6. The lowest BCUT2D eigenvalue weighted by atomic mass is 9.94. The van der Waals surface area contributed by atoms with Gasteiger partial charge in [-0.3, -0.25) is 19.8 Å². The summed E-state index contributed by atoms with van der Waals surface area (Å²) < 4.78 is 89.7. The van der Waals surface area contributed by atoms with E-state index in [0.29, 0.717) is 70.0 Å². The minimum absolute atomic E-state index is 0.117. The predicted molar refractivity (Wildman–Crippen MR) is 129 cm³/mol. The lowest BCUT2D eigenvalue weighted by Crippen LogP contribution is -2.52. The second kappa shape index (κ2) is 12.0. The van der Waals surface area contributed by atoms with Gasteiger partial charge >= 0.3 is 12.4 Å². The SMILES string of the molecule is O=CC(OC1CCC(Oc2ccc([N+](=O)[O-])c(C(F)(F)F)c2)CC1)N1CCN(c2ccc(C(F)(F)F)cn2)CC1. The first-order valence-electron chi connectivity index (χ1n) is 12.5. The number of halogens is 6. The Bertz CT molecular complexity index is 1180. The number of benzene rings is 1. The van der Waals surface area contributed by atoms with Gasteiger partial charge in [-0.15, -0.1) is 0 Å². The number of nitro groups is 1. The molecule has 9 nitrogen and oxygen atoms in total. The molecular weight excluding hydrogens is 550 g/mol. The zero-order chi connectivity index (χ0) is 29.1. The van der Waals surface area contributed by atoms with E-state index in [9.17, 15) is 41.3 Å². The standard InChI is InChI=1S/C25H26F6N4O5/c26-24(27,28)16-1-8-22(32-14-16)33-9-11-34(12-10-33)23(15-36)40-18-4-2-17(3-5-18)39-19-6-7-21(35(37)38)20(13-19)25(29,30)31/h1,6-8,13-15,17-18,23H,2-5,9-12H2. The molecule has 1 unspecified atom stereocenters. The summed E-state index contributed by atoms with van der Waals surface area (Å²) in [6.07, 6.45) is -7.56. The first-order valence-corrected chi connectivity index (χ1v) is 12.5. The zero-order valence-corrected chi connectivity index (χ0v) is 21.0. The fourth-order valence-electron chi connectivity index (χ4n) is 4.80. The Morgan fingerprint density at radius 1 is 0.950 bits per heavy atom. The smallest absolute Gasteiger partial charge is 0.423 e. The molecule has 2 aliphatic rings. The van der Waals surface area contributed by atoms with Crippen molar-refractivity contribution in [2.45, 2.75) is 56.5 Å². The summed E-state index contributed by atoms with van der Waals surface area (Å²) in [7, 11) is 0. The van der Waals surface area contributed by atoms with Crippen molar-refractivity contribution >= 4 is 17.8 Å². The van der Waals surface area contributed by atoms with E-state index in [1.807, 2.05) is 9.80 Å². The summed E-state index contributed by atoms with van der Waals surface area (Å²) in [6.45, 7) is 1.71. The monoisotopic (exact) mass is 576 g/mol. The number of aromatic nitrogens is 1. The Labute approximate surface area is 224 Å². The van der Waals surface area contributed by atoms with Gasteiger partial charge in [-0.05, 0) is 49.9 Å². The molecule has 218 valence electrons. The molecule has 2 aromatic rings. The highest BCUT2D eigenvalue weighted by atomic mass is 19.4. The topological polar surface area (TPSA) is 98.0 Å². The van der Waals surface area contributed by atoms with Crippen LogP contribution in [-0.4, -0.2) is 65.7 Å². The Balaban J connectivity index is 1.26. The Kier molecular flexibility index (Phi) is 8.83. The molecule has 0 N–H and O–H groups in total. The number of anilines is 1. The maximum Gasteiger partial charge on any atom is 0.423 e. The highest BCUT2D eigenvalue weighted by molar-refractivity contribution is 5.55. The third-order valence-electron chi connectivity index (χ3n) is 6.92. The molecule has 1 saturated carbocycles.